The van der Waals surface area contributed by atoms with E-state index in [0.29, 0.717) is 11.3 Å². The fraction of sp³-hybridized carbons (Fsp3) is 0.130. The van der Waals surface area contributed by atoms with E-state index in [-0.39, 0.29) is 17.8 Å². The van der Waals surface area contributed by atoms with Crippen LogP contribution >= 0.6 is 0 Å². The molecule has 3 aromatic carbocycles. The number of fused-ring (bicyclic) bond motifs is 1. The highest BCUT2D eigenvalue weighted by Gasteiger charge is 2.50. The van der Waals surface area contributed by atoms with Gasteiger partial charge < -0.3 is 10.0 Å². The lowest BCUT2D eigenvalue weighted by atomic mass is 9.88. The lowest BCUT2D eigenvalue weighted by Gasteiger charge is -2.23. The van der Waals surface area contributed by atoms with Crippen molar-refractivity contribution >= 4 is 23.1 Å². The van der Waals surface area contributed by atoms with E-state index in [9.17, 15) is 24.8 Å². The van der Waals surface area contributed by atoms with Crippen LogP contribution in [-0.2, 0) is 16.9 Å². The van der Waals surface area contributed by atoms with Gasteiger partial charge in [-0.05, 0) is 23.8 Å². The number of aliphatic hydroxyl groups is 1. The number of anilines is 1. The lowest BCUT2D eigenvalue weighted by molar-refractivity contribution is -0.384. The molecule has 0 bridgehead atoms. The number of para-hydroxylation sites is 1. The first-order valence-corrected chi connectivity index (χ1v) is 9.35. The summed E-state index contributed by atoms with van der Waals surface area (Å²) in [7, 11) is 0. The van der Waals surface area contributed by atoms with Gasteiger partial charge in [0.05, 0.1) is 23.6 Å². The van der Waals surface area contributed by atoms with Crippen molar-refractivity contribution in [3.8, 4) is 0 Å². The molecule has 0 radical (unpaired) electrons. The molecule has 0 saturated heterocycles. The predicted molar refractivity (Wildman–Crippen MR) is 110 cm³/mol. The normalized spacial score (nSPS) is 17.6. The summed E-state index contributed by atoms with van der Waals surface area (Å²) in [6.45, 7) is 0.269. The third kappa shape index (κ3) is 3.35. The van der Waals surface area contributed by atoms with Crippen LogP contribution in [0.4, 0.5) is 11.4 Å². The van der Waals surface area contributed by atoms with Gasteiger partial charge in [0.25, 0.3) is 11.6 Å². The van der Waals surface area contributed by atoms with Crippen molar-refractivity contribution in [3.63, 3.8) is 0 Å². The maximum absolute atomic E-state index is 13.2. The molecule has 30 heavy (non-hydrogen) atoms. The number of ketones is 1. The summed E-state index contributed by atoms with van der Waals surface area (Å²) >= 11 is 0. The standard InChI is InChI=1S/C23H18N2O5/c26-21(17-10-12-18(13-11-17)25(29)30)14-23(28)19-8-4-5-9-20(19)24(22(23)27)15-16-6-2-1-3-7-16/h1-13,28H,14-15H2/t23-/m0/s1. The van der Waals surface area contributed by atoms with E-state index >= 15 is 0 Å². The number of carbonyl (C=O) groups is 2. The Balaban J connectivity index is 1.64. The largest absolute Gasteiger partial charge is 0.375 e. The quantitative estimate of drug-likeness (QED) is 0.386. The van der Waals surface area contributed by atoms with Crippen LogP contribution in [0.2, 0.25) is 0 Å². The van der Waals surface area contributed by atoms with Crippen LogP contribution in [-0.4, -0.2) is 21.7 Å². The van der Waals surface area contributed by atoms with Crippen LogP contribution in [0.1, 0.15) is 27.9 Å². The van der Waals surface area contributed by atoms with Crippen LogP contribution in [0, 0.1) is 10.1 Å². The number of benzene rings is 3. The Hall–Kier alpha value is -3.84. The average Bonchev–Trinajstić information content (AvgIpc) is 2.96. The van der Waals surface area contributed by atoms with Crippen molar-refractivity contribution in [1.29, 1.82) is 0 Å². The van der Waals surface area contributed by atoms with E-state index in [4.69, 9.17) is 0 Å². The number of amides is 1. The molecule has 3 aromatic rings. The molecule has 0 saturated carbocycles. The minimum atomic E-state index is -2.00. The Labute approximate surface area is 172 Å². The van der Waals surface area contributed by atoms with E-state index in [2.05, 4.69) is 0 Å². The smallest absolute Gasteiger partial charge is 0.269 e. The minimum absolute atomic E-state index is 0.137. The highest BCUT2D eigenvalue weighted by Crippen LogP contribution is 2.43. The number of nitrogens with zero attached hydrogens (tertiary/aromatic N) is 2. The van der Waals surface area contributed by atoms with Crippen molar-refractivity contribution in [1.82, 2.24) is 0 Å². The summed E-state index contributed by atoms with van der Waals surface area (Å²) in [4.78, 5) is 37.8. The third-order valence-electron chi connectivity index (χ3n) is 5.24. The second-order valence-electron chi connectivity index (χ2n) is 7.16. The van der Waals surface area contributed by atoms with Crippen molar-refractivity contribution < 1.29 is 19.6 Å². The summed E-state index contributed by atoms with van der Waals surface area (Å²) in [5.41, 5.74) is -0.106. The molecule has 7 heteroatoms. The van der Waals surface area contributed by atoms with E-state index in [0.717, 1.165) is 5.56 Å². The summed E-state index contributed by atoms with van der Waals surface area (Å²) in [5, 5.41) is 22.1. The van der Waals surface area contributed by atoms with Gasteiger partial charge in [0.15, 0.2) is 11.4 Å². The predicted octanol–water partition coefficient (Wildman–Crippen LogP) is 3.60. The fourth-order valence-corrected chi connectivity index (χ4v) is 3.70. The Morgan fingerprint density at radius 1 is 0.967 bits per heavy atom. The molecule has 7 nitrogen and oxygen atoms in total. The Morgan fingerprint density at radius 2 is 1.60 bits per heavy atom. The highest BCUT2D eigenvalue weighted by atomic mass is 16.6. The molecule has 1 amide bonds. The van der Waals surface area contributed by atoms with E-state index in [1.807, 2.05) is 30.3 Å². The van der Waals surface area contributed by atoms with E-state index < -0.39 is 28.6 Å². The lowest BCUT2D eigenvalue weighted by Crippen LogP contribution is -2.41. The number of rotatable bonds is 6. The van der Waals surface area contributed by atoms with Crippen LogP contribution in [0.3, 0.4) is 0 Å². The summed E-state index contributed by atoms with van der Waals surface area (Å²) in [6, 6.07) is 21.4. The number of carbonyl (C=O) groups excluding carboxylic acids is 2. The molecule has 0 aliphatic carbocycles. The molecule has 0 unspecified atom stereocenters. The first-order valence-electron chi connectivity index (χ1n) is 9.35. The average molecular weight is 402 g/mol. The Bertz CT molecular complexity index is 1130. The number of hydrogen-bond acceptors (Lipinski definition) is 5. The molecule has 1 aliphatic rings. The SMILES string of the molecule is O=C(C[C@@]1(O)C(=O)N(Cc2ccccc2)c2ccccc21)c1ccc([N+](=O)[O-])cc1. The van der Waals surface area contributed by atoms with Crippen LogP contribution in [0.5, 0.6) is 0 Å². The van der Waals surface area contributed by atoms with Gasteiger partial charge in [-0.15, -0.1) is 0 Å². The van der Waals surface area contributed by atoms with Gasteiger partial charge in [-0.25, -0.2) is 0 Å². The zero-order valence-electron chi connectivity index (χ0n) is 15.9. The molecule has 1 aliphatic heterocycles. The zero-order valence-corrected chi connectivity index (χ0v) is 15.9. The Morgan fingerprint density at radius 3 is 2.27 bits per heavy atom. The summed E-state index contributed by atoms with van der Waals surface area (Å²) < 4.78 is 0. The van der Waals surface area contributed by atoms with E-state index in [1.54, 1.807) is 24.3 Å². The highest BCUT2D eigenvalue weighted by molar-refractivity contribution is 6.10. The second-order valence-corrected chi connectivity index (χ2v) is 7.16. The monoisotopic (exact) mass is 402 g/mol. The van der Waals surface area contributed by atoms with Crippen molar-refractivity contribution in [2.45, 2.75) is 18.6 Å². The summed E-state index contributed by atoms with van der Waals surface area (Å²) in [6.07, 6.45) is -0.452. The van der Waals surface area contributed by atoms with Gasteiger partial charge in [-0.1, -0.05) is 48.5 Å². The van der Waals surface area contributed by atoms with Crippen LogP contribution in [0.15, 0.2) is 78.9 Å². The molecular weight excluding hydrogens is 384 g/mol. The molecule has 0 spiro atoms. The number of nitro benzene ring substituents is 1. The number of nitro groups is 1. The van der Waals surface area contributed by atoms with Gasteiger partial charge in [0.1, 0.15) is 0 Å². The molecule has 1 N–H and O–H groups in total. The van der Waals surface area contributed by atoms with Crippen LogP contribution < -0.4 is 4.90 Å². The van der Waals surface area contributed by atoms with Crippen molar-refractivity contribution in [2.75, 3.05) is 4.90 Å². The summed E-state index contributed by atoms with van der Waals surface area (Å²) in [5.74, 6) is -1.04. The first kappa shape index (κ1) is 19.5. The molecule has 0 aromatic heterocycles. The van der Waals surface area contributed by atoms with E-state index in [1.165, 1.54) is 29.2 Å². The first-order chi connectivity index (χ1) is 14.4. The maximum atomic E-state index is 13.2. The fourth-order valence-electron chi connectivity index (χ4n) is 3.70. The van der Waals surface area contributed by atoms with Gasteiger partial charge in [0, 0.05) is 23.3 Å². The molecule has 1 heterocycles. The van der Waals surface area contributed by atoms with Gasteiger partial charge in [-0.3, -0.25) is 19.7 Å². The number of non-ortho nitro benzene ring substituents is 1. The van der Waals surface area contributed by atoms with Gasteiger partial charge in [-0.2, -0.15) is 0 Å². The molecule has 4 rings (SSSR count). The molecule has 150 valence electrons. The number of Topliss-reactive ketones (excluding diaryl/α,β-unsaturated/α-hetero) is 1. The maximum Gasteiger partial charge on any atom is 0.269 e. The topological polar surface area (TPSA) is 101 Å². The molecular formula is C23H18N2O5. The van der Waals surface area contributed by atoms with Crippen molar-refractivity contribution in [3.05, 3.63) is 106 Å². The third-order valence-corrected chi connectivity index (χ3v) is 5.24. The number of hydrogen-bond donors (Lipinski definition) is 1. The molecule has 0 fully saturated rings. The van der Waals surface area contributed by atoms with Crippen molar-refractivity contribution in [2.24, 2.45) is 0 Å². The van der Waals surface area contributed by atoms with Gasteiger partial charge in [0.2, 0.25) is 0 Å². The Kier molecular flexibility index (Phi) is 4.89. The van der Waals surface area contributed by atoms with Gasteiger partial charge >= 0.3 is 0 Å². The minimum Gasteiger partial charge on any atom is -0.375 e. The van der Waals surface area contributed by atoms with Crippen LogP contribution in [0.25, 0.3) is 0 Å². The molecule has 1 atom stereocenters. The second kappa shape index (κ2) is 7.53. The zero-order chi connectivity index (χ0) is 21.3.